The molecule has 3 rings (SSSR count). The fourth-order valence-corrected chi connectivity index (χ4v) is 3.98. The lowest BCUT2D eigenvalue weighted by Crippen LogP contribution is -2.13. The van der Waals surface area contributed by atoms with Gasteiger partial charge in [-0.1, -0.05) is 17.8 Å². The molecule has 3 aromatic rings. The van der Waals surface area contributed by atoms with Crippen LogP contribution >= 0.6 is 34.9 Å². The molecule has 0 saturated heterocycles. The van der Waals surface area contributed by atoms with Crippen molar-refractivity contribution in [2.75, 3.05) is 17.3 Å². The Balaban J connectivity index is 1.58. The van der Waals surface area contributed by atoms with Crippen molar-refractivity contribution in [3.05, 3.63) is 35.0 Å². The van der Waals surface area contributed by atoms with Crippen molar-refractivity contribution in [1.29, 1.82) is 0 Å². The second-order valence-corrected chi connectivity index (χ2v) is 8.10. The summed E-state index contributed by atoms with van der Waals surface area (Å²) in [7, 11) is 0. The van der Waals surface area contributed by atoms with E-state index >= 15 is 0 Å². The molecule has 1 aromatic carbocycles. The van der Waals surface area contributed by atoms with Gasteiger partial charge in [-0.05, 0) is 38.3 Å². The first-order valence-corrected chi connectivity index (χ1v) is 10.4. The third-order valence-corrected chi connectivity index (χ3v) is 5.79. The molecule has 1 N–H and O–H groups in total. The average molecular weight is 393 g/mol. The maximum absolute atomic E-state index is 12.1. The van der Waals surface area contributed by atoms with Crippen LogP contribution in [0.1, 0.15) is 10.7 Å². The Bertz CT molecular complexity index is 891. The Morgan fingerprint density at radius 2 is 2.16 bits per heavy atom. The number of thiazole rings is 1. The predicted octanol–water partition coefficient (Wildman–Crippen LogP) is 4.26. The van der Waals surface area contributed by atoms with Crippen LogP contribution in [0.4, 0.5) is 5.69 Å². The van der Waals surface area contributed by atoms with Gasteiger partial charge in [-0.25, -0.2) is 4.98 Å². The Hall–Kier alpha value is -1.84. The van der Waals surface area contributed by atoms with Crippen molar-refractivity contribution in [1.82, 2.24) is 15.2 Å². The molecule has 9 heteroatoms. The lowest BCUT2D eigenvalue weighted by molar-refractivity contribution is -0.113. The lowest BCUT2D eigenvalue weighted by atomic mass is 10.3. The van der Waals surface area contributed by atoms with E-state index in [0.717, 1.165) is 26.2 Å². The summed E-state index contributed by atoms with van der Waals surface area (Å²) in [4.78, 5) is 18.4. The minimum absolute atomic E-state index is 0.118. The summed E-state index contributed by atoms with van der Waals surface area (Å²) in [6.45, 7) is 3.84. The second kappa shape index (κ2) is 8.03. The molecule has 2 aromatic heterocycles. The molecule has 1 amide bonds. The van der Waals surface area contributed by atoms with Crippen LogP contribution in [0.25, 0.3) is 10.8 Å². The van der Waals surface area contributed by atoms with Gasteiger partial charge >= 0.3 is 0 Å². The topological polar surface area (TPSA) is 80.9 Å². The highest BCUT2D eigenvalue weighted by atomic mass is 32.2. The van der Waals surface area contributed by atoms with E-state index in [2.05, 4.69) is 20.5 Å². The monoisotopic (exact) mass is 392 g/mol. The third-order valence-electron chi connectivity index (χ3n) is 3.18. The largest absolute Gasteiger partial charge is 0.410 e. The minimum Gasteiger partial charge on any atom is -0.410 e. The molecule has 0 aliphatic rings. The SMILES string of the molecule is CSc1cccc(NC(=O)CSc2nnc(-c3sc(C)nc3C)o2)c1. The van der Waals surface area contributed by atoms with E-state index in [4.69, 9.17) is 4.42 Å². The van der Waals surface area contributed by atoms with Crippen molar-refractivity contribution in [3.8, 4) is 10.8 Å². The van der Waals surface area contributed by atoms with E-state index in [1.165, 1.54) is 23.1 Å². The van der Waals surface area contributed by atoms with Gasteiger partial charge in [0, 0.05) is 10.6 Å². The lowest BCUT2D eigenvalue weighted by Gasteiger charge is -2.05. The molecule has 0 radical (unpaired) electrons. The summed E-state index contributed by atoms with van der Waals surface area (Å²) >= 11 is 4.35. The van der Waals surface area contributed by atoms with Gasteiger partial charge in [0.25, 0.3) is 11.1 Å². The Labute approximate surface area is 157 Å². The number of hydrogen-bond donors (Lipinski definition) is 1. The minimum atomic E-state index is -0.118. The number of aromatic nitrogens is 3. The fraction of sp³-hybridized carbons (Fsp3) is 0.250. The summed E-state index contributed by atoms with van der Waals surface area (Å²) in [5.41, 5.74) is 1.65. The molecule has 130 valence electrons. The first-order chi connectivity index (χ1) is 12.0. The Morgan fingerprint density at radius 3 is 2.88 bits per heavy atom. The van der Waals surface area contributed by atoms with Crippen LogP contribution in [0.3, 0.4) is 0 Å². The standard InChI is InChI=1S/C16H16N4O2S3/c1-9-14(25-10(2)17-9)15-19-20-16(22-15)24-8-13(21)18-11-5-4-6-12(7-11)23-3/h4-7H,8H2,1-3H3,(H,18,21). The highest BCUT2D eigenvalue weighted by Gasteiger charge is 2.16. The number of carbonyl (C=O) groups excluding carboxylic acids is 1. The molecular formula is C16H16N4O2S3. The third kappa shape index (κ3) is 4.62. The van der Waals surface area contributed by atoms with Gasteiger partial charge < -0.3 is 9.73 Å². The number of benzene rings is 1. The van der Waals surface area contributed by atoms with Crippen molar-refractivity contribution in [3.63, 3.8) is 0 Å². The summed E-state index contributed by atoms with van der Waals surface area (Å²) in [6, 6.07) is 7.71. The van der Waals surface area contributed by atoms with Crippen molar-refractivity contribution >= 4 is 46.5 Å². The molecule has 0 unspecified atom stereocenters. The highest BCUT2D eigenvalue weighted by molar-refractivity contribution is 7.99. The quantitative estimate of drug-likeness (QED) is 0.628. The number of nitrogens with one attached hydrogen (secondary N) is 1. The van der Waals surface area contributed by atoms with Gasteiger partial charge in [0.05, 0.1) is 16.5 Å². The molecular weight excluding hydrogens is 376 g/mol. The van der Waals surface area contributed by atoms with Crippen molar-refractivity contribution in [2.24, 2.45) is 0 Å². The van der Waals surface area contributed by atoms with Gasteiger partial charge in [0.1, 0.15) is 4.88 Å². The van der Waals surface area contributed by atoms with E-state index in [1.807, 2.05) is 44.4 Å². The molecule has 2 heterocycles. The van der Waals surface area contributed by atoms with Gasteiger partial charge in [0.15, 0.2) is 0 Å². The smallest absolute Gasteiger partial charge is 0.277 e. The maximum Gasteiger partial charge on any atom is 0.277 e. The fourth-order valence-electron chi connectivity index (χ4n) is 2.11. The molecule has 0 saturated carbocycles. The van der Waals surface area contributed by atoms with Gasteiger partial charge in [-0.2, -0.15) is 0 Å². The molecule has 0 aliphatic heterocycles. The van der Waals surface area contributed by atoms with Crippen LogP contribution in [-0.2, 0) is 4.79 Å². The summed E-state index contributed by atoms with van der Waals surface area (Å²) in [6.07, 6.45) is 2.00. The normalized spacial score (nSPS) is 10.8. The number of aryl methyl sites for hydroxylation is 2. The van der Waals surface area contributed by atoms with Crippen molar-refractivity contribution in [2.45, 2.75) is 24.0 Å². The van der Waals surface area contributed by atoms with Gasteiger partial charge in [0.2, 0.25) is 5.91 Å². The molecule has 25 heavy (non-hydrogen) atoms. The summed E-state index contributed by atoms with van der Waals surface area (Å²) < 4.78 is 5.63. The van der Waals surface area contributed by atoms with Crippen LogP contribution in [-0.4, -0.2) is 33.1 Å². The summed E-state index contributed by atoms with van der Waals surface area (Å²) in [5, 5.41) is 12.2. The van der Waals surface area contributed by atoms with Gasteiger partial charge in [-0.15, -0.1) is 33.3 Å². The molecule has 0 aliphatic carbocycles. The number of anilines is 1. The van der Waals surface area contributed by atoms with E-state index < -0.39 is 0 Å². The predicted molar refractivity (Wildman–Crippen MR) is 102 cm³/mol. The molecule has 0 fully saturated rings. The second-order valence-electron chi connectivity index (χ2n) is 5.09. The zero-order valence-corrected chi connectivity index (χ0v) is 16.3. The highest BCUT2D eigenvalue weighted by Crippen LogP contribution is 2.30. The van der Waals surface area contributed by atoms with Crippen molar-refractivity contribution < 1.29 is 9.21 Å². The van der Waals surface area contributed by atoms with Gasteiger partial charge in [-0.3, -0.25) is 4.79 Å². The maximum atomic E-state index is 12.1. The molecule has 6 nitrogen and oxygen atoms in total. The zero-order valence-electron chi connectivity index (χ0n) is 13.9. The number of amides is 1. The van der Waals surface area contributed by atoms with Crippen LogP contribution in [0.15, 0.2) is 38.8 Å². The first kappa shape index (κ1) is 18.0. The van der Waals surface area contributed by atoms with E-state index in [9.17, 15) is 4.79 Å². The molecule has 0 atom stereocenters. The number of carbonyl (C=O) groups is 1. The van der Waals surface area contributed by atoms with Crippen LogP contribution in [0.2, 0.25) is 0 Å². The average Bonchev–Trinajstić information content (AvgIpc) is 3.19. The molecule has 0 spiro atoms. The number of hydrogen-bond acceptors (Lipinski definition) is 8. The van der Waals surface area contributed by atoms with Crippen LogP contribution < -0.4 is 5.32 Å². The number of rotatable bonds is 6. The Kier molecular flexibility index (Phi) is 5.77. The molecule has 0 bridgehead atoms. The van der Waals surface area contributed by atoms with Crippen LogP contribution in [0, 0.1) is 13.8 Å². The Morgan fingerprint density at radius 1 is 1.32 bits per heavy atom. The number of thioether (sulfide) groups is 2. The van der Waals surface area contributed by atoms with E-state index in [-0.39, 0.29) is 11.7 Å². The van der Waals surface area contributed by atoms with Crippen LogP contribution in [0.5, 0.6) is 0 Å². The van der Waals surface area contributed by atoms with E-state index in [1.54, 1.807) is 11.8 Å². The number of nitrogens with zero attached hydrogens (tertiary/aromatic N) is 3. The zero-order chi connectivity index (χ0) is 17.8. The first-order valence-electron chi connectivity index (χ1n) is 7.40. The summed E-state index contributed by atoms with van der Waals surface area (Å²) in [5.74, 6) is 0.526. The van der Waals surface area contributed by atoms with E-state index in [0.29, 0.717) is 11.1 Å².